The van der Waals surface area contributed by atoms with Gasteiger partial charge in [0.15, 0.2) is 0 Å². The van der Waals surface area contributed by atoms with Crippen LogP contribution in [0.5, 0.6) is 0 Å². The number of alkyl carbamates (subject to hydrolysis) is 2. The molecule has 0 spiro atoms. The smallest absolute Gasteiger partial charge is 0.453 e. The van der Waals surface area contributed by atoms with Crippen molar-refractivity contribution < 1.29 is 56.4 Å². The van der Waals surface area contributed by atoms with Gasteiger partial charge < -0.3 is 24.8 Å². The minimum absolute atomic E-state index is 0.220. The third kappa shape index (κ3) is 12.2. The fourth-order valence-electron chi connectivity index (χ4n) is 3.54. The molecular formula is C26H26F3N7O11. The highest BCUT2D eigenvalue weighted by molar-refractivity contribution is 6.01. The number of benzene rings is 2. The summed E-state index contributed by atoms with van der Waals surface area (Å²) in [5.41, 5.74) is 0.212. The molecule has 1 aliphatic rings. The second-order valence-corrected chi connectivity index (χ2v) is 9.59. The van der Waals surface area contributed by atoms with E-state index in [1.807, 2.05) is 10.6 Å². The molecule has 1 aliphatic heterocycles. The standard InChI is InChI=1S/C26H26F3N7O11/c27-26(28,29)22(38)47-20(9-21(37)32-17-10-30-11-17)12-31-23(33-24(39)45-13-15-1-5-18(6-2-15)35(41)42)34-25(40)46-14-16-3-7-19(8-4-16)36(43)44/h1-8,17,20,30H,9-14H2,(H,32,37)(H2,31,33,34,39,40). The predicted octanol–water partition coefficient (Wildman–Crippen LogP) is 1.96. The van der Waals surface area contributed by atoms with Crippen molar-refractivity contribution >= 4 is 41.4 Å². The molecule has 0 bridgehead atoms. The molecule has 4 N–H and O–H groups in total. The minimum Gasteiger partial charge on any atom is -0.453 e. The van der Waals surface area contributed by atoms with Gasteiger partial charge in [0, 0.05) is 37.4 Å². The Labute approximate surface area is 261 Å². The Morgan fingerprint density at radius 2 is 1.34 bits per heavy atom. The van der Waals surface area contributed by atoms with Crippen molar-refractivity contribution in [3.8, 4) is 0 Å². The quantitative estimate of drug-likeness (QED) is 0.0633. The molecule has 252 valence electrons. The number of hydrogen-bond acceptors (Lipinski definition) is 13. The van der Waals surface area contributed by atoms with Crippen molar-refractivity contribution in [1.29, 1.82) is 0 Å². The summed E-state index contributed by atoms with van der Waals surface area (Å²) >= 11 is 0. The molecule has 0 aromatic heterocycles. The third-order valence-corrected chi connectivity index (χ3v) is 5.99. The number of esters is 1. The Morgan fingerprint density at radius 1 is 0.872 bits per heavy atom. The van der Waals surface area contributed by atoms with Crippen molar-refractivity contribution in [1.82, 2.24) is 21.3 Å². The van der Waals surface area contributed by atoms with Gasteiger partial charge in [-0.25, -0.2) is 19.4 Å². The van der Waals surface area contributed by atoms with E-state index in [1.165, 1.54) is 24.3 Å². The van der Waals surface area contributed by atoms with Crippen LogP contribution in [0.25, 0.3) is 0 Å². The zero-order chi connectivity index (χ0) is 34.6. The molecule has 1 fully saturated rings. The Morgan fingerprint density at radius 3 is 1.72 bits per heavy atom. The van der Waals surface area contributed by atoms with E-state index in [2.05, 4.69) is 20.4 Å². The van der Waals surface area contributed by atoms with E-state index >= 15 is 0 Å². The number of nitrogens with one attached hydrogen (secondary N) is 4. The fraction of sp³-hybridized carbons (Fsp3) is 0.346. The summed E-state index contributed by atoms with van der Waals surface area (Å²) in [6.07, 6.45) is -10.5. The van der Waals surface area contributed by atoms with Crippen LogP contribution in [-0.4, -0.2) is 77.8 Å². The zero-order valence-electron chi connectivity index (χ0n) is 24.0. The van der Waals surface area contributed by atoms with Crippen molar-refractivity contribution in [2.45, 2.75) is 38.0 Å². The summed E-state index contributed by atoms with van der Waals surface area (Å²) in [6, 6.07) is 9.56. The summed E-state index contributed by atoms with van der Waals surface area (Å²) in [5.74, 6) is -4.12. The molecule has 1 heterocycles. The van der Waals surface area contributed by atoms with E-state index in [0.717, 1.165) is 24.3 Å². The number of non-ortho nitro benzene ring substituents is 2. The monoisotopic (exact) mass is 669 g/mol. The minimum atomic E-state index is -5.40. The van der Waals surface area contributed by atoms with E-state index in [9.17, 15) is 52.6 Å². The molecule has 3 rings (SSSR count). The lowest BCUT2D eigenvalue weighted by Crippen LogP contribution is -2.57. The highest BCUT2D eigenvalue weighted by atomic mass is 19.4. The molecule has 0 saturated carbocycles. The number of halogens is 3. The molecule has 0 radical (unpaired) electrons. The van der Waals surface area contributed by atoms with Gasteiger partial charge in [0.05, 0.1) is 28.9 Å². The maximum atomic E-state index is 12.9. The average Bonchev–Trinajstić information content (AvgIpc) is 2.99. The van der Waals surface area contributed by atoms with Gasteiger partial charge in [0.2, 0.25) is 11.9 Å². The lowest BCUT2D eigenvalue weighted by atomic mass is 10.1. The molecule has 2 aromatic carbocycles. The normalized spacial score (nSPS) is 13.2. The third-order valence-electron chi connectivity index (χ3n) is 5.99. The number of aliphatic imine (C=N–C) groups is 1. The van der Waals surface area contributed by atoms with Crippen LogP contribution >= 0.6 is 0 Å². The SMILES string of the molecule is O=C(CC(CN=C(NC(=O)OCc1ccc([N+](=O)[O-])cc1)NC(=O)OCc1ccc([N+](=O)[O-])cc1)OC(=O)C(F)(F)F)NC1CNC1. The van der Waals surface area contributed by atoms with Crippen molar-refractivity contribution in [3.05, 3.63) is 79.9 Å². The molecular weight excluding hydrogens is 643 g/mol. The number of alkyl halides is 3. The number of carbonyl (C=O) groups is 4. The van der Waals surface area contributed by atoms with Gasteiger partial charge in [-0.1, -0.05) is 0 Å². The van der Waals surface area contributed by atoms with Crippen molar-refractivity contribution in [3.63, 3.8) is 0 Å². The Kier molecular flexibility index (Phi) is 12.5. The Balaban J connectivity index is 1.71. The van der Waals surface area contributed by atoms with Gasteiger partial charge >= 0.3 is 24.3 Å². The first-order valence-corrected chi connectivity index (χ1v) is 13.4. The topological polar surface area (TPSA) is 243 Å². The summed E-state index contributed by atoms with van der Waals surface area (Å²) < 4.78 is 53.1. The van der Waals surface area contributed by atoms with Crippen LogP contribution in [0.3, 0.4) is 0 Å². The number of nitro groups is 2. The highest BCUT2D eigenvalue weighted by Gasteiger charge is 2.42. The van der Waals surface area contributed by atoms with Crippen molar-refractivity contribution in [2.24, 2.45) is 4.99 Å². The Bertz CT molecular complexity index is 1420. The fourth-order valence-corrected chi connectivity index (χ4v) is 3.54. The summed E-state index contributed by atoms with van der Waals surface area (Å²) in [5, 5.41) is 31.1. The summed E-state index contributed by atoms with van der Waals surface area (Å²) in [4.78, 5) is 72.9. The number of nitrogens with zero attached hydrogens (tertiary/aromatic N) is 3. The van der Waals surface area contributed by atoms with Gasteiger partial charge in [-0.05, 0) is 35.4 Å². The average molecular weight is 670 g/mol. The maximum absolute atomic E-state index is 12.9. The number of rotatable bonds is 12. The molecule has 0 aliphatic carbocycles. The highest BCUT2D eigenvalue weighted by Crippen LogP contribution is 2.19. The van der Waals surface area contributed by atoms with E-state index in [4.69, 9.17) is 9.47 Å². The number of carbonyl (C=O) groups excluding carboxylic acids is 4. The van der Waals surface area contributed by atoms with E-state index < -0.39 is 78.3 Å². The molecule has 3 amide bonds. The first-order chi connectivity index (χ1) is 22.2. The van der Waals surface area contributed by atoms with Crippen LogP contribution < -0.4 is 21.3 Å². The largest absolute Gasteiger partial charge is 0.490 e. The van der Waals surface area contributed by atoms with Gasteiger partial charge in [0.1, 0.15) is 19.3 Å². The van der Waals surface area contributed by atoms with Crippen LogP contribution in [0.4, 0.5) is 34.1 Å². The van der Waals surface area contributed by atoms with Crippen LogP contribution in [0.15, 0.2) is 53.5 Å². The first kappa shape index (κ1) is 35.6. The van der Waals surface area contributed by atoms with Gasteiger partial charge in [-0.3, -0.25) is 35.7 Å². The summed E-state index contributed by atoms with van der Waals surface area (Å²) in [6.45, 7) is -0.857. The molecule has 47 heavy (non-hydrogen) atoms. The van der Waals surface area contributed by atoms with Crippen molar-refractivity contribution in [2.75, 3.05) is 19.6 Å². The van der Waals surface area contributed by atoms with E-state index in [0.29, 0.717) is 24.2 Å². The second-order valence-electron chi connectivity index (χ2n) is 9.59. The molecule has 21 heteroatoms. The summed E-state index contributed by atoms with van der Waals surface area (Å²) in [7, 11) is 0. The zero-order valence-corrected chi connectivity index (χ0v) is 24.0. The predicted molar refractivity (Wildman–Crippen MR) is 150 cm³/mol. The van der Waals surface area contributed by atoms with Crippen LogP contribution in [0.1, 0.15) is 17.5 Å². The van der Waals surface area contributed by atoms with Gasteiger partial charge in [-0.2, -0.15) is 13.2 Å². The van der Waals surface area contributed by atoms with Crippen LogP contribution in [-0.2, 0) is 37.0 Å². The van der Waals surface area contributed by atoms with Gasteiger partial charge in [0.25, 0.3) is 11.4 Å². The number of nitro benzene ring substituents is 2. The van der Waals surface area contributed by atoms with E-state index in [1.54, 1.807) is 0 Å². The maximum Gasteiger partial charge on any atom is 0.490 e. The Hall–Kier alpha value is -5.86. The number of guanidine groups is 1. The molecule has 18 nitrogen and oxygen atoms in total. The first-order valence-electron chi connectivity index (χ1n) is 13.4. The molecule has 1 unspecified atom stereocenters. The molecule has 2 aromatic rings. The van der Waals surface area contributed by atoms with Gasteiger partial charge in [-0.15, -0.1) is 0 Å². The van der Waals surface area contributed by atoms with E-state index in [-0.39, 0.29) is 17.4 Å². The lowest BCUT2D eigenvalue weighted by Gasteiger charge is -2.28. The lowest BCUT2D eigenvalue weighted by molar-refractivity contribution is -0.385. The molecule has 1 atom stereocenters. The second kappa shape index (κ2) is 16.5. The number of ether oxygens (including phenoxy) is 3. The van der Waals surface area contributed by atoms with Crippen LogP contribution in [0.2, 0.25) is 0 Å². The number of hydrogen-bond donors (Lipinski definition) is 4. The van der Waals surface area contributed by atoms with Crippen LogP contribution in [0, 0.1) is 20.2 Å². The molecule has 1 saturated heterocycles. The number of amides is 3.